The number of esters is 2. The molecule has 0 aromatic heterocycles. The molecule has 8 atom stereocenters. The van der Waals surface area contributed by atoms with Gasteiger partial charge in [-0.25, -0.2) is 0 Å². The average Bonchev–Trinajstić information content (AvgIpc) is 3.14. The minimum Gasteiger partial charge on any atom is -0.465 e. The van der Waals surface area contributed by atoms with Gasteiger partial charge in [0, 0.05) is 24.2 Å². The first-order valence-electron chi connectivity index (χ1n) is 13.0. The van der Waals surface area contributed by atoms with Crippen LogP contribution in [0.2, 0.25) is 0 Å². The largest absolute Gasteiger partial charge is 0.465 e. The number of alkyl halides is 1. The lowest BCUT2D eigenvalue weighted by molar-refractivity contribution is -0.149. The van der Waals surface area contributed by atoms with Gasteiger partial charge in [-0.3, -0.25) is 19.2 Å². The molecule has 36 heavy (non-hydrogen) atoms. The van der Waals surface area contributed by atoms with E-state index >= 15 is 0 Å². The Morgan fingerprint density at radius 3 is 2.56 bits per heavy atom. The summed E-state index contributed by atoms with van der Waals surface area (Å²) in [6.07, 6.45) is 7.97. The first-order chi connectivity index (χ1) is 16.8. The molecule has 1 unspecified atom stereocenters. The number of fused-ring (bicyclic) bond motifs is 5. The lowest BCUT2D eigenvalue weighted by Crippen LogP contribution is -2.61. The predicted molar refractivity (Wildman–Crippen MR) is 133 cm³/mol. The smallest absolute Gasteiger partial charge is 0.308 e. The number of halogens is 1. The number of rotatable bonds is 7. The third-order valence-corrected chi connectivity index (χ3v) is 10.4. The summed E-state index contributed by atoms with van der Waals surface area (Å²) in [6, 6.07) is 0. The van der Waals surface area contributed by atoms with Crippen molar-refractivity contribution in [3.05, 3.63) is 23.8 Å². The molecule has 7 nitrogen and oxygen atoms in total. The maximum atomic E-state index is 13.1. The van der Waals surface area contributed by atoms with Crippen molar-refractivity contribution >= 4 is 35.1 Å². The van der Waals surface area contributed by atoms with Crippen molar-refractivity contribution in [2.75, 3.05) is 13.2 Å². The molecule has 0 aromatic rings. The Balaban J connectivity index is 1.63. The van der Waals surface area contributed by atoms with E-state index in [1.165, 1.54) is 13.8 Å². The van der Waals surface area contributed by atoms with E-state index in [2.05, 4.69) is 13.8 Å². The number of carbonyl (C=O) groups excluding carboxylic acids is 4. The third kappa shape index (κ3) is 4.47. The summed E-state index contributed by atoms with van der Waals surface area (Å²) in [5.74, 6) is -1.22. The number of allylic oxidation sites excluding steroid dienone is 3. The molecule has 3 saturated carbocycles. The molecule has 3 fully saturated rings. The topological polar surface area (TPSA) is 107 Å². The van der Waals surface area contributed by atoms with Crippen molar-refractivity contribution in [3.8, 4) is 0 Å². The van der Waals surface area contributed by atoms with Crippen LogP contribution in [0.25, 0.3) is 0 Å². The minimum atomic E-state index is -0.790. The van der Waals surface area contributed by atoms with E-state index in [4.69, 9.17) is 21.1 Å². The van der Waals surface area contributed by atoms with Gasteiger partial charge in [0.2, 0.25) is 0 Å². The maximum absolute atomic E-state index is 13.1. The summed E-state index contributed by atoms with van der Waals surface area (Å²) in [7, 11) is 0. The summed E-state index contributed by atoms with van der Waals surface area (Å²) >= 11 is 7.60. The SMILES string of the molecule is CC(=O)OCC(=O)[C@H]1CC[C@H]2[C@@H]3C[C@H](COC(=O)CC(C)O)C4=CC(=O)C=C[C@]4(C)[C@@]3(Cl)CC[C@]12C. The molecule has 0 heterocycles. The molecule has 0 spiro atoms. The van der Waals surface area contributed by atoms with Crippen LogP contribution in [0.15, 0.2) is 23.8 Å². The van der Waals surface area contributed by atoms with Crippen LogP contribution in [0, 0.1) is 34.5 Å². The van der Waals surface area contributed by atoms with Gasteiger partial charge >= 0.3 is 11.9 Å². The molecule has 1 N–H and O–H groups in total. The molecule has 0 aromatic carbocycles. The van der Waals surface area contributed by atoms with Crippen molar-refractivity contribution < 1.29 is 33.8 Å². The standard InChI is InChI=1S/C28H37ClO7/c1-16(30)11-25(34)36-14-18-12-23-20-5-6-21(24(33)15-35-17(2)31)26(20,3)9-10-28(23,29)27(4)8-7-19(32)13-22(18)27/h7-8,13,16,18,20-21,23,30H,5-6,9-12,14-15H2,1-4H3/t16?,18-,20+,21-,23+,26+,27+,28-/m1/s1. The molecule has 0 amide bonds. The molecule has 4 rings (SSSR count). The van der Waals surface area contributed by atoms with Gasteiger partial charge in [0.1, 0.15) is 6.61 Å². The van der Waals surface area contributed by atoms with Gasteiger partial charge in [0.05, 0.1) is 24.0 Å². The van der Waals surface area contributed by atoms with Crippen LogP contribution in [-0.4, -0.2) is 52.8 Å². The number of Topliss-reactive ketones (excluding diaryl/α,β-unsaturated/α-hetero) is 1. The number of ketones is 2. The van der Waals surface area contributed by atoms with Crippen LogP contribution in [0.1, 0.15) is 66.2 Å². The van der Waals surface area contributed by atoms with E-state index in [0.29, 0.717) is 12.8 Å². The lowest BCUT2D eigenvalue weighted by atomic mass is 9.45. The average molecular weight is 521 g/mol. The fourth-order valence-corrected chi connectivity index (χ4v) is 8.25. The molecule has 0 bridgehead atoms. The Morgan fingerprint density at radius 2 is 1.89 bits per heavy atom. The number of ether oxygens (including phenoxy) is 2. The summed E-state index contributed by atoms with van der Waals surface area (Å²) in [6.45, 7) is 7.01. The van der Waals surface area contributed by atoms with E-state index in [1.54, 1.807) is 12.2 Å². The highest BCUT2D eigenvalue weighted by Crippen LogP contribution is 2.70. The van der Waals surface area contributed by atoms with E-state index < -0.39 is 28.3 Å². The first kappa shape index (κ1) is 27.1. The highest BCUT2D eigenvalue weighted by Gasteiger charge is 2.67. The molecular weight excluding hydrogens is 484 g/mol. The fraction of sp³-hybridized carbons (Fsp3) is 0.714. The van der Waals surface area contributed by atoms with Crippen LogP contribution in [-0.2, 0) is 28.7 Å². The van der Waals surface area contributed by atoms with Crippen LogP contribution in [0.5, 0.6) is 0 Å². The predicted octanol–water partition coefficient (Wildman–Crippen LogP) is 3.94. The summed E-state index contributed by atoms with van der Waals surface area (Å²) in [5.41, 5.74) is 0.0447. The van der Waals surface area contributed by atoms with Gasteiger partial charge in [-0.15, -0.1) is 11.6 Å². The molecule has 8 heteroatoms. The van der Waals surface area contributed by atoms with Crippen molar-refractivity contribution in [1.82, 2.24) is 0 Å². The summed E-state index contributed by atoms with van der Waals surface area (Å²) in [5, 5.41) is 9.54. The van der Waals surface area contributed by atoms with E-state index in [1.807, 2.05) is 6.08 Å². The van der Waals surface area contributed by atoms with E-state index in [0.717, 1.165) is 24.8 Å². The molecule has 0 saturated heterocycles. The van der Waals surface area contributed by atoms with Crippen molar-refractivity contribution in [2.45, 2.75) is 77.2 Å². The zero-order chi connectivity index (χ0) is 26.5. The summed E-state index contributed by atoms with van der Waals surface area (Å²) < 4.78 is 10.6. The van der Waals surface area contributed by atoms with Crippen LogP contribution < -0.4 is 0 Å². The second-order valence-corrected chi connectivity index (χ2v) is 12.3. The Labute approximate surface area is 217 Å². The zero-order valence-electron chi connectivity index (χ0n) is 21.6. The number of hydrogen-bond donors (Lipinski definition) is 1. The van der Waals surface area contributed by atoms with E-state index in [9.17, 15) is 24.3 Å². The number of carbonyl (C=O) groups is 4. The zero-order valence-corrected chi connectivity index (χ0v) is 22.3. The fourth-order valence-electron chi connectivity index (χ4n) is 7.74. The second kappa shape index (κ2) is 9.71. The highest BCUT2D eigenvalue weighted by molar-refractivity contribution is 6.25. The van der Waals surface area contributed by atoms with Crippen molar-refractivity contribution in [3.63, 3.8) is 0 Å². The molecule has 4 aliphatic rings. The van der Waals surface area contributed by atoms with Gasteiger partial charge in [-0.05, 0) is 74.0 Å². The molecule has 198 valence electrons. The molecule has 0 radical (unpaired) electrons. The molecule has 0 aliphatic heterocycles. The van der Waals surface area contributed by atoms with Crippen molar-refractivity contribution in [2.24, 2.45) is 34.5 Å². The van der Waals surface area contributed by atoms with Gasteiger partial charge in [0.25, 0.3) is 0 Å². The Morgan fingerprint density at radius 1 is 1.17 bits per heavy atom. The lowest BCUT2D eigenvalue weighted by Gasteiger charge is -2.63. The quantitative estimate of drug-likeness (QED) is 0.400. The maximum Gasteiger partial charge on any atom is 0.308 e. The normalized spacial score (nSPS) is 39.8. The van der Waals surface area contributed by atoms with Gasteiger partial charge in [-0.2, -0.15) is 0 Å². The molecule has 4 aliphatic carbocycles. The second-order valence-electron chi connectivity index (χ2n) is 11.7. The number of aliphatic hydroxyl groups is 1. The Hall–Kier alpha value is -1.99. The minimum absolute atomic E-state index is 0.0355. The summed E-state index contributed by atoms with van der Waals surface area (Å²) in [4.78, 5) is 48.3. The van der Waals surface area contributed by atoms with Gasteiger partial charge in [0.15, 0.2) is 11.6 Å². The van der Waals surface area contributed by atoms with Crippen LogP contribution >= 0.6 is 11.6 Å². The van der Waals surface area contributed by atoms with Gasteiger partial charge < -0.3 is 14.6 Å². The van der Waals surface area contributed by atoms with Crippen LogP contribution in [0.4, 0.5) is 0 Å². The third-order valence-electron chi connectivity index (χ3n) is 9.54. The van der Waals surface area contributed by atoms with E-state index in [-0.39, 0.29) is 60.3 Å². The monoisotopic (exact) mass is 520 g/mol. The highest BCUT2D eigenvalue weighted by atomic mass is 35.5. The van der Waals surface area contributed by atoms with Crippen LogP contribution in [0.3, 0.4) is 0 Å². The first-order valence-corrected chi connectivity index (χ1v) is 13.3. The van der Waals surface area contributed by atoms with Crippen molar-refractivity contribution in [1.29, 1.82) is 0 Å². The number of aliphatic hydroxyl groups excluding tert-OH is 1. The number of hydrogen-bond acceptors (Lipinski definition) is 7. The molecular formula is C28H37ClO7. The Bertz CT molecular complexity index is 1020. The Kier molecular flexibility index (Phi) is 7.30. The van der Waals surface area contributed by atoms with Gasteiger partial charge in [-0.1, -0.05) is 19.9 Å².